The van der Waals surface area contributed by atoms with Crippen LogP contribution in [-0.2, 0) is 4.74 Å². The number of hydrogen-bond acceptors (Lipinski definition) is 5. The molecule has 0 unspecified atom stereocenters. The topological polar surface area (TPSA) is 104 Å². The van der Waals surface area contributed by atoms with Gasteiger partial charge in [-0.2, -0.15) is 0 Å². The minimum Gasteiger partial charge on any atom is -0.508 e. The highest BCUT2D eigenvalue weighted by molar-refractivity contribution is 5.89. The minimum absolute atomic E-state index is 0.0741. The number of phenolic OH excluding ortho intramolecular Hbond substituents is 2. The van der Waals surface area contributed by atoms with Crippen LogP contribution < -0.4 is 0 Å². The first-order valence-electron chi connectivity index (χ1n) is 8.42. The van der Waals surface area contributed by atoms with Crippen LogP contribution in [0.1, 0.15) is 53.3 Å². The highest BCUT2D eigenvalue weighted by Gasteiger charge is 2.05. The Morgan fingerprint density at radius 3 is 1.77 bits per heavy atom. The van der Waals surface area contributed by atoms with Crippen molar-refractivity contribution >= 4 is 11.9 Å². The molecule has 2 rings (SSSR count). The van der Waals surface area contributed by atoms with Gasteiger partial charge in [0.15, 0.2) is 0 Å². The monoisotopic (exact) mass is 360 g/mol. The summed E-state index contributed by atoms with van der Waals surface area (Å²) in [4.78, 5) is 21.7. The zero-order chi connectivity index (χ0) is 19.4. The molecule has 2 aromatic rings. The summed E-state index contributed by atoms with van der Waals surface area (Å²) in [5.41, 5.74) is 0.658. The molecule has 3 N–H and O–H groups in total. The number of ether oxygens (including phenoxy) is 1. The first-order valence-corrected chi connectivity index (χ1v) is 8.42. The highest BCUT2D eigenvalue weighted by Crippen LogP contribution is 2.11. The van der Waals surface area contributed by atoms with E-state index in [0.717, 1.165) is 12.8 Å². The molecular weight excluding hydrogens is 336 g/mol. The third kappa shape index (κ3) is 8.19. The van der Waals surface area contributed by atoms with Crippen molar-refractivity contribution in [3.05, 3.63) is 59.7 Å². The number of carboxylic acids is 1. The Morgan fingerprint density at radius 1 is 0.808 bits per heavy atom. The number of aromatic carboxylic acids is 1. The molecule has 6 heteroatoms. The maximum Gasteiger partial charge on any atom is 0.338 e. The largest absolute Gasteiger partial charge is 0.508 e. The lowest BCUT2D eigenvalue weighted by molar-refractivity contribution is 0.0497. The van der Waals surface area contributed by atoms with E-state index in [-0.39, 0.29) is 23.0 Å². The van der Waals surface area contributed by atoms with E-state index < -0.39 is 5.97 Å². The molecule has 0 spiro atoms. The number of unbranched alkanes of at least 4 members (excludes halogenated alkanes) is 3. The summed E-state index contributed by atoms with van der Waals surface area (Å²) in [7, 11) is 0. The van der Waals surface area contributed by atoms with Crippen molar-refractivity contribution in [3.63, 3.8) is 0 Å². The number of phenols is 2. The summed E-state index contributed by atoms with van der Waals surface area (Å²) >= 11 is 0. The van der Waals surface area contributed by atoms with Gasteiger partial charge in [-0.15, -0.1) is 0 Å². The lowest BCUT2D eigenvalue weighted by atomic mass is 10.2. The summed E-state index contributed by atoms with van der Waals surface area (Å²) in [6.45, 7) is 2.61. The number of benzene rings is 2. The summed E-state index contributed by atoms with van der Waals surface area (Å²) in [6.07, 6.45) is 4.36. The summed E-state index contributed by atoms with van der Waals surface area (Å²) in [6, 6.07) is 11.4. The Bertz CT molecular complexity index is 676. The number of rotatable bonds is 7. The SMILES string of the molecule is CCCCCCOC(=O)c1ccc(O)cc1.O=C(O)c1ccc(O)cc1. The fraction of sp³-hybridized carbons (Fsp3) is 0.300. The van der Waals surface area contributed by atoms with Gasteiger partial charge in [-0.1, -0.05) is 26.2 Å². The fourth-order valence-corrected chi connectivity index (χ4v) is 1.98. The van der Waals surface area contributed by atoms with Crippen LogP contribution >= 0.6 is 0 Å². The minimum atomic E-state index is -0.986. The second-order valence-corrected chi connectivity index (χ2v) is 5.60. The molecule has 0 heterocycles. The molecule has 0 amide bonds. The molecule has 0 aliphatic heterocycles. The van der Waals surface area contributed by atoms with Gasteiger partial charge in [0.25, 0.3) is 0 Å². The van der Waals surface area contributed by atoms with Gasteiger partial charge in [0.1, 0.15) is 11.5 Å². The lowest BCUT2D eigenvalue weighted by Crippen LogP contribution is -2.06. The van der Waals surface area contributed by atoms with E-state index in [1.807, 2.05) is 0 Å². The van der Waals surface area contributed by atoms with Gasteiger partial charge in [0, 0.05) is 0 Å². The number of esters is 1. The highest BCUT2D eigenvalue weighted by atomic mass is 16.5. The third-order valence-electron chi connectivity index (χ3n) is 3.45. The number of aromatic hydroxyl groups is 2. The molecule has 26 heavy (non-hydrogen) atoms. The summed E-state index contributed by atoms with van der Waals surface area (Å²) in [5, 5.41) is 26.2. The van der Waals surface area contributed by atoms with Crippen LogP contribution in [-0.4, -0.2) is 33.9 Å². The first-order chi connectivity index (χ1) is 12.4. The van der Waals surface area contributed by atoms with Crippen LogP contribution in [0.25, 0.3) is 0 Å². The van der Waals surface area contributed by atoms with E-state index in [9.17, 15) is 9.59 Å². The predicted octanol–water partition coefficient (Wildman–Crippen LogP) is 4.22. The van der Waals surface area contributed by atoms with Crippen LogP contribution in [0.2, 0.25) is 0 Å². The number of carbonyl (C=O) groups excluding carboxylic acids is 1. The van der Waals surface area contributed by atoms with Crippen molar-refractivity contribution < 1.29 is 29.6 Å². The molecule has 0 fully saturated rings. The molecule has 2 aromatic carbocycles. The Balaban J connectivity index is 0.000000289. The molecule has 0 bridgehead atoms. The number of carbonyl (C=O) groups is 2. The second kappa shape index (κ2) is 11.5. The molecule has 0 saturated carbocycles. The van der Waals surface area contributed by atoms with Gasteiger partial charge >= 0.3 is 11.9 Å². The smallest absolute Gasteiger partial charge is 0.338 e. The van der Waals surface area contributed by atoms with Gasteiger partial charge in [-0.25, -0.2) is 9.59 Å². The van der Waals surface area contributed by atoms with Crippen molar-refractivity contribution in [1.82, 2.24) is 0 Å². The standard InChI is InChI=1S/C13H18O3.C7H6O3/c1-2-3-4-5-10-16-13(15)11-6-8-12(14)9-7-11;8-6-3-1-5(2-4-6)7(9)10/h6-9,14H,2-5,10H2,1H3;1-4,8H,(H,9,10). The van der Waals surface area contributed by atoms with Crippen molar-refractivity contribution in [2.45, 2.75) is 32.6 Å². The quantitative estimate of drug-likeness (QED) is 0.504. The van der Waals surface area contributed by atoms with Crippen LogP contribution in [0.5, 0.6) is 11.5 Å². The summed E-state index contributed by atoms with van der Waals surface area (Å²) < 4.78 is 5.09. The molecule has 140 valence electrons. The molecule has 0 aliphatic carbocycles. The lowest BCUT2D eigenvalue weighted by Gasteiger charge is -2.04. The van der Waals surface area contributed by atoms with Crippen LogP contribution in [0.3, 0.4) is 0 Å². The normalized spacial score (nSPS) is 9.73. The zero-order valence-electron chi connectivity index (χ0n) is 14.7. The molecule has 6 nitrogen and oxygen atoms in total. The van der Waals surface area contributed by atoms with Crippen molar-refractivity contribution in [3.8, 4) is 11.5 Å². The van der Waals surface area contributed by atoms with E-state index in [2.05, 4.69) is 6.92 Å². The fourth-order valence-electron chi connectivity index (χ4n) is 1.98. The van der Waals surface area contributed by atoms with E-state index in [0.29, 0.717) is 12.2 Å². The van der Waals surface area contributed by atoms with Crippen LogP contribution in [0.4, 0.5) is 0 Å². The van der Waals surface area contributed by atoms with Crippen LogP contribution in [0.15, 0.2) is 48.5 Å². The maximum atomic E-state index is 11.5. The van der Waals surface area contributed by atoms with E-state index >= 15 is 0 Å². The average Bonchev–Trinajstić information content (AvgIpc) is 2.63. The zero-order valence-corrected chi connectivity index (χ0v) is 14.7. The van der Waals surface area contributed by atoms with Gasteiger partial charge in [0.2, 0.25) is 0 Å². The van der Waals surface area contributed by atoms with Gasteiger partial charge in [0.05, 0.1) is 17.7 Å². The van der Waals surface area contributed by atoms with Gasteiger partial charge in [-0.05, 0) is 55.0 Å². The van der Waals surface area contributed by atoms with Crippen molar-refractivity contribution in [2.24, 2.45) is 0 Å². The maximum absolute atomic E-state index is 11.5. The Hall–Kier alpha value is -3.02. The molecular formula is C20H24O6. The second-order valence-electron chi connectivity index (χ2n) is 5.60. The Kier molecular flexibility index (Phi) is 9.31. The molecule has 0 atom stereocenters. The average molecular weight is 360 g/mol. The molecule has 0 aliphatic rings. The summed E-state index contributed by atoms with van der Waals surface area (Å²) in [5.74, 6) is -1.08. The molecule has 0 aromatic heterocycles. The predicted molar refractivity (Wildman–Crippen MR) is 97.6 cm³/mol. The molecule has 0 radical (unpaired) electrons. The number of hydrogen-bond donors (Lipinski definition) is 3. The van der Waals surface area contributed by atoms with Crippen molar-refractivity contribution in [2.75, 3.05) is 6.61 Å². The van der Waals surface area contributed by atoms with E-state index in [4.69, 9.17) is 20.1 Å². The van der Waals surface area contributed by atoms with Crippen LogP contribution in [0, 0.1) is 0 Å². The Morgan fingerprint density at radius 2 is 1.31 bits per heavy atom. The number of carboxylic acid groups (broad SMARTS) is 1. The van der Waals surface area contributed by atoms with E-state index in [1.165, 1.54) is 49.2 Å². The van der Waals surface area contributed by atoms with Gasteiger partial charge < -0.3 is 20.1 Å². The van der Waals surface area contributed by atoms with Crippen molar-refractivity contribution in [1.29, 1.82) is 0 Å². The Labute approximate surface area is 152 Å². The first kappa shape index (κ1) is 21.0. The van der Waals surface area contributed by atoms with Gasteiger partial charge in [-0.3, -0.25) is 0 Å². The van der Waals surface area contributed by atoms with E-state index in [1.54, 1.807) is 12.1 Å². The third-order valence-corrected chi connectivity index (χ3v) is 3.45. The molecule has 0 saturated heterocycles.